The number of benzene rings is 1. The molecule has 0 atom stereocenters. The van der Waals surface area contributed by atoms with Gasteiger partial charge in [-0.2, -0.15) is 0 Å². The third kappa shape index (κ3) is 2.66. The molecule has 0 radical (unpaired) electrons. The molecule has 0 aliphatic heterocycles. The van der Waals surface area contributed by atoms with Crippen molar-refractivity contribution >= 4 is 17.6 Å². The molecule has 0 unspecified atom stereocenters. The van der Waals surface area contributed by atoms with E-state index in [0.717, 1.165) is 0 Å². The van der Waals surface area contributed by atoms with Crippen LogP contribution in [0.1, 0.15) is 10.4 Å². The quantitative estimate of drug-likeness (QED) is 0.878. The Morgan fingerprint density at radius 3 is 2.74 bits per heavy atom. The molecular formula is C13H9ClFNO3. The van der Waals surface area contributed by atoms with Crippen molar-refractivity contribution in [3.8, 4) is 16.9 Å². The number of carboxylic acid groups (broad SMARTS) is 1. The minimum atomic E-state index is -1.17. The molecule has 4 nitrogen and oxygen atoms in total. The second-order valence-corrected chi connectivity index (χ2v) is 4.07. The third-order valence-electron chi connectivity index (χ3n) is 2.55. The number of methoxy groups -OCH3 is 1. The summed E-state index contributed by atoms with van der Waals surface area (Å²) in [4.78, 5) is 14.8. The van der Waals surface area contributed by atoms with E-state index >= 15 is 0 Å². The fourth-order valence-electron chi connectivity index (χ4n) is 1.60. The van der Waals surface area contributed by atoms with Gasteiger partial charge in [0.1, 0.15) is 5.15 Å². The number of carbonyl (C=O) groups is 1. The molecule has 0 fully saturated rings. The Bertz CT molecular complexity index is 646. The highest BCUT2D eigenvalue weighted by atomic mass is 35.5. The van der Waals surface area contributed by atoms with Crippen LogP contribution in [0.25, 0.3) is 11.1 Å². The van der Waals surface area contributed by atoms with Crippen LogP contribution in [0.4, 0.5) is 4.39 Å². The molecule has 98 valence electrons. The van der Waals surface area contributed by atoms with Crippen LogP contribution in [0, 0.1) is 5.82 Å². The van der Waals surface area contributed by atoms with Crippen molar-refractivity contribution in [3.63, 3.8) is 0 Å². The maximum absolute atomic E-state index is 13.3. The van der Waals surface area contributed by atoms with Crippen molar-refractivity contribution in [1.29, 1.82) is 0 Å². The van der Waals surface area contributed by atoms with Crippen LogP contribution in [0.2, 0.25) is 5.15 Å². The van der Waals surface area contributed by atoms with E-state index in [4.69, 9.17) is 21.4 Å². The minimum absolute atomic E-state index is 0.0734. The van der Waals surface area contributed by atoms with E-state index < -0.39 is 11.8 Å². The number of aromatic carboxylic acids is 1. The maximum Gasteiger partial charge on any atom is 0.338 e. The number of carboxylic acids is 1. The molecule has 0 spiro atoms. The maximum atomic E-state index is 13.3. The van der Waals surface area contributed by atoms with Gasteiger partial charge >= 0.3 is 5.97 Å². The summed E-state index contributed by atoms with van der Waals surface area (Å²) in [5.41, 5.74) is 0.993. The first kappa shape index (κ1) is 13.3. The lowest BCUT2D eigenvalue weighted by atomic mass is 10.1. The van der Waals surface area contributed by atoms with Gasteiger partial charge in [0.2, 0.25) is 0 Å². The fourth-order valence-corrected chi connectivity index (χ4v) is 1.78. The molecule has 1 N–H and O–H groups in total. The average Bonchev–Trinajstić information content (AvgIpc) is 2.39. The molecule has 2 aromatic rings. The number of aromatic nitrogens is 1. The van der Waals surface area contributed by atoms with Gasteiger partial charge in [-0.15, -0.1) is 0 Å². The van der Waals surface area contributed by atoms with Crippen molar-refractivity contribution in [2.24, 2.45) is 0 Å². The first-order chi connectivity index (χ1) is 9.02. The second kappa shape index (κ2) is 5.24. The number of hydrogen-bond acceptors (Lipinski definition) is 3. The Morgan fingerprint density at radius 1 is 1.37 bits per heavy atom. The Labute approximate surface area is 113 Å². The monoisotopic (exact) mass is 281 g/mol. The molecule has 2 rings (SSSR count). The Balaban J connectivity index is 2.53. The Kier molecular flexibility index (Phi) is 3.66. The van der Waals surface area contributed by atoms with Crippen LogP contribution >= 0.6 is 11.6 Å². The number of rotatable bonds is 3. The summed E-state index contributed by atoms with van der Waals surface area (Å²) >= 11 is 5.69. The van der Waals surface area contributed by atoms with Gasteiger partial charge in [-0.1, -0.05) is 17.7 Å². The SMILES string of the molecule is COc1cc(-c2cnc(Cl)c(C(=O)O)c2)ccc1F. The van der Waals surface area contributed by atoms with E-state index in [9.17, 15) is 9.18 Å². The van der Waals surface area contributed by atoms with Gasteiger partial charge in [0.15, 0.2) is 11.6 Å². The highest BCUT2D eigenvalue weighted by Gasteiger charge is 2.12. The van der Waals surface area contributed by atoms with Crippen LogP contribution in [0.3, 0.4) is 0 Å². The lowest BCUT2D eigenvalue weighted by molar-refractivity contribution is 0.0696. The zero-order chi connectivity index (χ0) is 14.0. The molecule has 1 aromatic carbocycles. The number of nitrogens with zero attached hydrogens (tertiary/aromatic N) is 1. The fraction of sp³-hybridized carbons (Fsp3) is 0.0769. The van der Waals surface area contributed by atoms with E-state index in [2.05, 4.69) is 4.98 Å². The first-order valence-corrected chi connectivity index (χ1v) is 5.63. The zero-order valence-electron chi connectivity index (χ0n) is 9.85. The number of ether oxygens (including phenoxy) is 1. The highest BCUT2D eigenvalue weighted by Crippen LogP contribution is 2.28. The molecule has 0 aliphatic rings. The van der Waals surface area contributed by atoms with Crippen molar-refractivity contribution in [2.45, 2.75) is 0 Å². The molecule has 0 bridgehead atoms. The van der Waals surface area contributed by atoms with Crippen molar-refractivity contribution < 1.29 is 19.0 Å². The van der Waals surface area contributed by atoms with E-state index in [-0.39, 0.29) is 16.5 Å². The normalized spacial score (nSPS) is 10.3. The van der Waals surface area contributed by atoms with Crippen LogP contribution in [-0.4, -0.2) is 23.2 Å². The van der Waals surface area contributed by atoms with Crippen molar-refractivity contribution in [1.82, 2.24) is 4.98 Å². The summed E-state index contributed by atoms with van der Waals surface area (Å²) in [6, 6.07) is 5.59. The van der Waals surface area contributed by atoms with Gasteiger partial charge in [-0.25, -0.2) is 14.2 Å². The first-order valence-electron chi connectivity index (χ1n) is 5.25. The van der Waals surface area contributed by atoms with Gasteiger partial charge in [0, 0.05) is 11.8 Å². The molecule has 0 aliphatic carbocycles. The Hall–Kier alpha value is -2.14. The van der Waals surface area contributed by atoms with Gasteiger partial charge in [0.25, 0.3) is 0 Å². The molecule has 0 saturated carbocycles. The summed E-state index contributed by atoms with van der Waals surface area (Å²) in [6.45, 7) is 0. The largest absolute Gasteiger partial charge is 0.494 e. The van der Waals surface area contributed by atoms with E-state index in [0.29, 0.717) is 11.1 Å². The smallest absolute Gasteiger partial charge is 0.338 e. The molecule has 19 heavy (non-hydrogen) atoms. The van der Waals surface area contributed by atoms with Gasteiger partial charge in [0.05, 0.1) is 12.7 Å². The number of halogens is 2. The van der Waals surface area contributed by atoms with Crippen LogP contribution in [-0.2, 0) is 0 Å². The van der Waals surface area contributed by atoms with Crippen LogP contribution in [0.15, 0.2) is 30.5 Å². The zero-order valence-corrected chi connectivity index (χ0v) is 10.6. The molecule has 1 heterocycles. The van der Waals surface area contributed by atoms with E-state index in [1.165, 1.54) is 37.6 Å². The summed E-state index contributed by atoms with van der Waals surface area (Å²) in [6.07, 6.45) is 1.42. The highest BCUT2D eigenvalue weighted by molar-refractivity contribution is 6.32. The molecular weight excluding hydrogens is 273 g/mol. The Morgan fingerprint density at radius 2 is 2.11 bits per heavy atom. The van der Waals surface area contributed by atoms with Crippen LogP contribution in [0.5, 0.6) is 5.75 Å². The number of pyridine rings is 1. The summed E-state index contributed by atoms with van der Waals surface area (Å²) in [5.74, 6) is -1.59. The van der Waals surface area contributed by atoms with Gasteiger partial charge in [-0.3, -0.25) is 0 Å². The third-order valence-corrected chi connectivity index (χ3v) is 2.86. The van der Waals surface area contributed by atoms with Gasteiger partial charge in [-0.05, 0) is 23.8 Å². The summed E-state index contributed by atoms with van der Waals surface area (Å²) in [7, 11) is 1.35. The average molecular weight is 282 g/mol. The molecule has 0 amide bonds. The topological polar surface area (TPSA) is 59.4 Å². The van der Waals surface area contributed by atoms with Crippen LogP contribution < -0.4 is 4.74 Å². The molecule has 0 saturated heterocycles. The lowest BCUT2D eigenvalue weighted by Gasteiger charge is -2.07. The number of hydrogen-bond donors (Lipinski definition) is 1. The van der Waals surface area contributed by atoms with Gasteiger partial charge < -0.3 is 9.84 Å². The predicted octanol–water partition coefficient (Wildman–Crippen LogP) is 3.25. The molecule has 6 heteroatoms. The second-order valence-electron chi connectivity index (χ2n) is 3.72. The summed E-state index contributed by atoms with van der Waals surface area (Å²) < 4.78 is 18.2. The lowest BCUT2D eigenvalue weighted by Crippen LogP contribution is -1.99. The van der Waals surface area contributed by atoms with Crippen molar-refractivity contribution in [2.75, 3.05) is 7.11 Å². The van der Waals surface area contributed by atoms with Crippen molar-refractivity contribution in [3.05, 3.63) is 47.0 Å². The minimum Gasteiger partial charge on any atom is -0.494 e. The van der Waals surface area contributed by atoms with E-state index in [1.54, 1.807) is 0 Å². The van der Waals surface area contributed by atoms with E-state index in [1.807, 2.05) is 0 Å². The predicted molar refractivity (Wildman–Crippen MR) is 68.2 cm³/mol. The molecule has 1 aromatic heterocycles. The summed E-state index contributed by atoms with van der Waals surface area (Å²) in [5, 5.41) is 8.88. The standard InChI is InChI=1S/C13H9ClFNO3/c1-19-11-5-7(2-3-10(11)15)8-4-9(13(17)18)12(14)16-6-8/h2-6H,1H3,(H,17,18).